The number of fused-ring (bicyclic) bond motifs is 1. The lowest BCUT2D eigenvalue weighted by Crippen LogP contribution is -2.36. The maximum absolute atomic E-state index is 5.65. The van der Waals surface area contributed by atoms with Crippen LogP contribution < -0.4 is 10.6 Å². The number of hydrogen-bond acceptors (Lipinski definition) is 4. The molecule has 84 valence electrons. The predicted octanol–water partition coefficient (Wildman–Crippen LogP) is 1.99. The van der Waals surface area contributed by atoms with E-state index >= 15 is 0 Å². The van der Waals surface area contributed by atoms with E-state index in [1.807, 2.05) is 24.3 Å². The highest BCUT2D eigenvalue weighted by Gasteiger charge is 2.29. The van der Waals surface area contributed by atoms with E-state index < -0.39 is 0 Å². The zero-order valence-corrected chi connectivity index (χ0v) is 9.29. The van der Waals surface area contributed by atoms with Crippen LogP contribution in [0.15, 0.2) is 28.7 Å². The van der Waals surface area contributed by atoms with Gasteiger partial charge in [-0.25, -0.2) is 0 Å². The second-order valence-corrected chi connectivity index (χ2v) is 4.60. The lowest BCUT2D eigenvalue weighted by molar-refractivity contribution is 0.520. The molecule has 1 aromatic carbocycles. The summed E-state index contributed by atoms with van der Waals surface area (Å²) in [7, 11) is 0. The Labute approximate surface area is 94.0 Å². The predicted molar refractivity (Wildman–Crippen MR) is 63.5 cm³/mol. The van der Waals surface area contributed by atoms with Gasteiger partial charge in [0.1, 0.15) is 5.52 Å². The number of oxazole rings is 1. The Morgan fingerprint density at radius 3 is 3.06 bits per heavy atom. The molecule has 16 heavy (non-hydrogen) atoms. The first-order chi connectivity index (χ1) is 7.75. The fraction of sp³-hybridized carbons (Fsp3) is 0.417. The largest absolute Gasteiger partial charge is 0.424 e. The molecule has 1 atom stereocenters. The molecule has 2 N–H and O–H groups in total. The lowest BCUT2D eigenvalue weighted by atomic mass is 10.0. The molecule has 0 radical (unpaired) electrons. The van der Waals surface area contributed by atoms with Crippen molar-refractivity contribution in [3.8, 4) is 0 Å². The van der Waals surface area contributed by atoms with Crippen LogP contribution in [0.1, 0.15) is 13.3 Å². The lowest BCUT2D eigenvalue weighted by Gasteiger charge is -2.22. The van der Waals surface area contributed by atoms with E-state index in [2.05, 4.69) is 22.5 Å². The summed E-state index contributed by atoms with van der Waals surface area (Å²) in [5, 5.41) is 6.70. The quantitative estimate of drug-likeness (QED) is 0.807. The van der Waals surface area contributed by atoms with Gasteiger partial charge in [0, 0.05) is 6.54 Å². The van der Waals surface area contributed by atoms with Crippen molar-refractivity contribution in [3.63, 3.8) is 0 Å². The number of nitrogens with zero attached hydrogens (tertiary/aromatic N) is 1. The second-order valence-electron chi connectivity index (χ2n) is 4.60. The molecule has 1 unspecified atom stereocenters. The van der Waals surface area contributed by atoms with E-state index in [1.165, 1.54) is 0 Å². The Kier molecular flexibility index (Phi) is 2.11. The van der Waals surface area contributed by atoms with Gasteiger partial charge in [-0.15, -0.1) is 0 Å². The van der Waals surface area contributed by atoms with Crippen molar-refractivity contribution >= 4 is 17.1 Å². The van der Waals surface area contributed by atoms with Crippen LogP contribution in [0, 0.1) is 0 Å². The average molecular weight is 217 g/mol. The summed E-state index contributed by atoms with van der Waals surface area (Å²) >= 11 is 0. The minimum absolute atomic E-state index is 0.0564. The van der Waals surface area contributed by atoms with Gasteiger partial charge in [0.2, 0.25) is 0 Å². The normalized spacial score (nSPS) is 25.1. The van der Waals surface area contributed by atoms with Gasteiger partial charge >= 0.3 is 0 Å². The summed E-state index contributed by atoms with van der Waals surface area (Å²) in [6.45, 7) is 4.18. The summed E-state index contributed by atoms with van der Waals surface area (Å²) in [6, 6.07) is 8.43. The van der Waals surface area contributed by atoms with Gasteiger partial charge < -0.3 is 15.1 Å². The average Bonchev–Trinajstić information content (AvgIpc) is 2.84. The SMILES string of the molecule is CC1(Nc2nc3ccccc3o2)CCNC1. The van der Waals surface area contributed by atoms with Crippen LogP contribution in [0.4, 0.5) is 6.01 Å². The van der Waals surface area contributed by atoms with Gasteiger partial charge in [-0.2, -0.15) is 4.98 Å². The Bertz CT molecular complexity index is 467. The Morgan fingerprint density at radius 1 is 1.44 bits per heavy atom. The zero-order chi connectivity index (χ0) is 11.0. The van der Waals surface area contributed by atoms with Crippen molar-refractivity contribution in [2.24, 2.45) is 0 Å². The smallest absolute Gasteiger partial charge is 0.296 e. The molecule has 0 bridgehead atoms. The molecule has 0 amide bonds. The van der Waals surface area contributed by atoms with E-state index in [-0.39, 0.29) is 5.54 Å². The Hall–Kier alpha value is -1.55. The molecule has 1 saturated heterocycles. The minimum Gasteiger partial charge on any atom is -0.424 e. The van der Waals surface area contributed by atoms with Crippen LogP contribution in [0.2, 0.25) is 0 Å². The van der Waals surface area contributed by atoms with E-state index in [9.17, 15) is 0 Å². The second kappa shape index (κ2) is 3.49. The number of benzene rings is 1. The molecule has 1 fully saturated rings. The number of rotatable bonds is 2. The van der Waals surface area contributed by atoms with Crippen molar-refractivity contribution in [2.75, 3.05) is 18.4 Å². The third-order valence-electron chi connectivity index (χ3n) is 3.07. The molecular weight excluding hydrogens is 202 g/mol. The van der Waals surface area contributed by atoms with Crippen LogP contribution in [-0.4, -0.2) is 23.6 Å². The summed E-state index contributed by atoms with van der Waals surface area (Å²) in [6.07, 6.45) is 1.09. The topological polar surface area (TPSA) is 50.1 Å². The third-order valence-corrected chi connectivity index (χ3v) is 3.07. The molecule has 0 aliphatic carbocycles. The van der Waals surface area contributed by atoms with Gasteiger partial charge in [-0.1, -0.05) is 12.1 Å². The molecular formula is C12H15N3O. The fourth-order valence-electron chi connectivity index (χ4n) is 2.11. The summed E-state index contributed by atoms with van der Waals surface area (Å²) in [5.74, 6) is 0. The number of para-hydroxylation sites is 2. The number of nitrogens with one attached hydrogen (secondary N) is 2. The van der Waals surface area contributed by atoms with Crippen LogP contribution >= 0.6 is 0 Å². The van der Waals surface area contributed by atoms with E-state index in [1.54, 1.807) is 0 Å². The van der Waals surface area contributed by atoms with Crippen molar-refractivity contribution in [3.05, 3.63) is 24.3 Å². The van der Waals surface area contributed by atoms with Crippen LogP contribution in [0.3, 0.4) is 0 Å². The van der Waals surface area contributed by atoms with Gasteiger partial charge in [-0.05, 0) is 32.0 Å². The highest BCUT2D eigenvalue weighted by Crippen LogP contribution is 2.24. The number of aromatic nitrogens is 1. The third kappa shape index (κ3) is 1.65. The highest BCUT2D eigenvalue weighted by atomic mass is 16.4. The maximum Gasteiger partial charge on any atom is 0.296 e. The highest BCUT2D eigenvalue weighted by molar-refractivity contribution is 5.74. The zero-order valence-electron chi connectivity index (χ0n) is 9.29. The van der Waals surface area contributed by atoms with Gasteiger partial charge in [0.15, 0.2) is 5.58 Å². The molecule has 2 heterocycles. The molecule has 0 spiro atoms. The number of hydrogen-bond donors (Lipinski definition) is 2. The Balaban J connectivity index is 1.89. The molecule has 0 saturated carbocycles. The van der Waals surface area contributed by atoms with Crippen molar-refractivity contribution < 1.29 is 4.42 Å². The molecule has 4 heteroatoms. The van der Waals surface area contributed by atoms with Gasteiger partial charge in [0.25, 0.3) is 6.01 Å². The maximum atomic E-state index is 5.65. The van der Waals surface area contributed by atoms with Crippen LogP contribution in [0.5, 0.6) is 0 Å². The van der Waals surface area contributed by atoms with Crippen LogP contribution in [-0.2, 0) is 0 Å². The summed E-state index contributed by atoms with van der Waals surface area (Å²) in [5.41, 5.74) is 1.79. The van der Waals surface area contributed by atoms with Crippen LogP contribution in [0.25, 0.3) is 11.1 Å². The summed E-state index contributed by atoms with van der Waals surface area (Å²) in [4.78, 5) is 4.42. The molecule has 1 aliphatic heterocycles. The van der Waals surface area contributed by atoms with Gasteiger partial charge in [0.05, 0.1) is 5.54 Å². The first-order valence-electron chi connectivity index (χ1n) is 5.60. The molecule has 1 aromatic heterocycles. The van der Waals surface area contributed by atoms with Crippen molar-refractivity contribution in [1.82, 2.24) is 10.3 Å². The first-order valence-corrected chi connectivity index (χ1v) is 5.60. The minimum atomic E-state index is 0.0564. The van der Waals surface area contributed by atoms with E-state index in [0.29, 0.717) is 6.01 Å². The molecule has 4 nitrogen and oxygen atoms in total. The molecule has 3 rings (SSSR count). The Morgan fingerprint density at radius 2 is 2.31 bits per heavy atom. The summed E-state index contributed by atoms with van der Waals surface area (Å²) < 4.78 is 5.65. The molecule has 2 aromatic rings. The fourth-order valence-corrected chi connectivity index (χ4v) is 2.11. The van der Waals surface area contributed by atoms with Crippen molar-refractivity contribution in [2.45, 2.75) is 18.9 Å². The monoisotopic (exact) mass is 217 g/mol. The van der Waals surface area contributed by atoms with Crippen molar-refractivity contribution in [1.29, 1.82) is 0 Å². The standard InChI is InChI=1S/C12H15N3O/c1-12(6-7-13-8-12)15-11-14-9-4-2-3-5-10(9)16-11/h2-5,13H,6-8H2,1H3,(H,14,15). The van der Waals surface area contributed by atoms with E-state index in [0.717, 1.165) is 30.6 Å². The van der Waals surface area contributed by atoms with E-state index in [4.69, 9.17) is 4.42 Å². The number of anilines is 1. The van der Waals surface area contributed by atoms with Gasteiger partial charge in [-0.3, -0.25) is 0 Å². The molecule has 1 aliphatic rings. The first kappa shape index (κ1) is 9.66.